The number of nitrogens with zero attached hydrogens (tertiary/aromatic N) is 3. The topological polar surface area (TPSA) is 79.4 Å². The maximum atomic E-state index is 14.5. The van der Waals surface area contributed by atoms with Crippen LogP contribution in [0.15, 0.2) is 48.5 Å². The lowest BCUT2D eigenvalue weighted by Crippen LogP contribution is -2.58. The fourth-order valence-electron chi connectivity index (χ4n) is 7.10. The van der Waals surface area contributed by atoms with Crippen LogP contribution < -0.4 is 4.74 Å². The van der Waals surface area contributed by atoms with Gasteiger partial charge < -0.3 is 24.2 Å². The van der Waals surface area contributed by atoms with E-state index in [0.29, 0.717) is 48.4 Å². The molecule has 2 saturated heterocycles. The fourth-order valence-corrected chi connectivity index (χ4v) is 7.36. The number of piperidine rings is 2. The highest BCUT2D eigenvalue weighted by molar-refractivity contribution is 6.34. The summed E-state index contributed by atoms with van der Waals surface area (Å²) in [6, 6.07) is 15.2. The van der Waals surface area contributed by atoms with Gasteiger partial charge in [0.25, 0.3) is 5.91 Å². The third kappa shape index (κ3) is 7.11. The van der Waals surface area contributed by atoms with E-state index in [0.717, 1.165) is 57.2 Å². The van der Waals surface area contributed by atoms with E-state index >= 15 is 0 Å². The Hall–Kier alpha value is -3.26. The van der Waals surface area contributed by atoms with Crippen molar-refractivity contribution in [3.05, 3.63) is 64.7 Å². The number of ether oxygens (including phenoxy) is 2. The Morgan fingerprint density at radius 1 is 1.00 bits per heavy atom. The second-order valence-electron chi connectivity index (χ2n) is 14.0. The highest BCUT2D eigenvalue weighted by atomic mass is 35.5. The van der Waals surface area contributed by atoms with E-state index in [2.05, 4.69) is 0 Å². The summed E-state index contributed by atoms with van der Waals surface area (Å²) in [6.07, 6.45) is 5.92. The van der Waals surface area contributed by atoms with Crippen LogP contribution in [-0.2, 0) is 14.9 Å². The van der Waals surface area contributed by atoms with Crippen LogP contribution in [0.4, 0.5) is 4.79 Å². The van der Waals surface area contributed by atoms with Crippen molar-refractivity contribution in [3.8, 4) is 5.75 Å². The largest absolute Gasteiger partial charge is 0.494 e. The molecule has 1 aliphatic carbocycles. The van der Waals surface area contributed by atoms with Gasteiger partial charge in [0.05, 0.1) is 22.6 Å². The number of benzene rings is 2. The summed E-state index contributed by atoms with van der Waals surface area (Å²) < 4.78 is 11.9. The fraction of sp³-hybridized carbons (Fsp3) is 0.583. The van der Waals surface area contributed by atoms with Gasteiger partial charge in [-0.05, 0) is 93.9 Å². The number of hydrogen-bond acceptors (Lipinski definition) is 5. The SMILES string of the molecule is CCC(C)(C)OC(=O)N1CCCC(C(=O)N2CCC3(CC2)C[C@@H]3CCOc2ccc(C(=O)N(C)C)c(Cl)c2)(c2ccccc2)C1. The Kier molecular flexibility index (Phi) is 9.73. The molecule has 2 aromatic rings. The van der Waals surface area contributed by atoms with E-state index in [9.17, 15) is 14.4 Å². The Morgan fingerprint density at radius 2 is 1.71 bits per heavy atom. The zero-order valence-corrected chi connectivity index (χ0v) is 28.2. The van der Waals surface area contributed by atoms with Crippen molar-refractivity contribution in [2.24, 2.45) is 11.3 Å². The Bertz CT molecular complexity index is 1390. The zero-order valence-electron chi connectivity index (χ0n) is 27.4. The molecule has 1 unspecified atom stereocenters. The van der Waals surface area contributed by atoms with Gasteiger partial charge >= 0.3 is 6.09 Å². The van der Waals surface area contributed by atoms with Gasteiger partial charge in [-0.3, -0.25) is 9.59 Å². The standard InChI is InChI=1S/C36H48ClN3O5/c1-6-34(2,3)45-33(43)40-19-10-16-36(25-40,26-11-8-7-9-12-26)32(42)39-20-17-35(18-21-39)24-27(35)15-22-44-28-13-14-29(30(37)23-28)31(41)38(4)5/h7-9,11-14,23,27H,6,10,15-22,24-25H2,1-5H3/t27-,36?/m0/s1. The highest BCUT2D eigenvalue weighted by Crippen LogP contribution is 2.61. The molecule has 1 spiro atoms. The second-order valence-corrected chi connectivity index (χ2v) is 14.4. The molecule has 0 bridgehead atoms. The van der Waals surface area contributed by atoms with Crippen molar-refractivity contribution >= 4 is 29.5 Å². The predicted molar refractivity (Wildman–Crippen MR) is 176 cm³/mol. The first-order chi connectivity index (χ1) is 21.4. The average Bonchev–Trinajstić information content (AvgIpc) is 3.71. The molecule has 0 radical (unpaired) electrons. The van der Waals surface area contributed by atoms with Crippen LogP contribution in [-0.4, -0.2) is 85.1 Å². The second kappa shape index (κ2) is 13.2. The Labute approximate surface area is 273 Å². The zero-order chi connectivity index (χ0) is 32.4. The molecular weight excluding hydrogens is 590 g/mol. The summed E-state index contributed by atoms with van der Waals surface area (Å²) in [5, 5.41) is 0.391. The number of likely N-dealkylation sites (tertiary alicyclic amines) is 2. The third-order valence-electron chi connectivity index (χ3n) is 10.4. The van der Waals surface area contributed by atoms with Gasteiger partial charge in [0.15, 0.2) is 0 Å². The van der Waals surface area contributed by atoms with E-state index in [1.807, 2.05) is 56.0 Å². The van der Waals surface area contributed by atoms with Crippen LogP contribution in [0.1, 0.15) is 81.6 Å². The molecule has 2 aromatic carbocycles. The minimum Gasteiger partial charge on any atom is -0.494 e. The lowest BCUT2D eigenvalue weighted by atomic mass is 9.72. The summed E-state index contributed by atoms with van der Waals surface area (Å²) in [4.78, 5) is 45.2. The van der Waals surface area contributed by atoms with Crippen LogP contribution in [0.2, 0.25) is 5.02 Å². The molecule has 2 atom stereocenters. The lowest BCUT2D eigenvalue weighted by Gasteiger charge is -2.46. The van der Waals surface area contributed by atoms with Crippen LogP contribution in [0.3, 0.4) is 0 Å². The van der Waals surface area contributed by atoms with Crippen molar-refractivity contribution in [2.75, 3.05) is 46.9 Å². The minimum atomic E-state index is -0.774. The number of carbonyl (C=O) groups excluding carboxylic acids is 3. The summed E-state index contributed by atoms with van der Waals surface area (Å²) >= 11 is 6.35. The quantitative estimate of drug-likeness (QED) is 0.302. The maximum Gasteiger partial charge on any atom is 0.410 e. The number of amides is 3. The van der Waals surface area contributed by atoms with E-state index in [1.165, 1.54) is 4.90 Å². The van der Waals surface area contributed by atoms with E-state index < -0.39 is 11.0 Å². The van der Waals surface area contributed by atoms with Crippen molar-refractivity contribution < 1.29 is 23.9 Å². The van der Waals surface area contributed by atoms with Crippen LogP contribution in [0.25, 0.3) is 0 Å². The van der Waals surface area contributed by atoms with Crippen LogP contribution in [0.5, 0.6) is 5.75 Å². The first-order valence-electron chi connectivity index (χ1n) is 16.4. The molecule has 45 heavy (non-hydrogen) atoms. The molecule has 9 heteroatoms. The molecule has 8 nitrogen and oxygen atoms in total. The molecule has 3 aliphatic rings. The number of carbonyl (C=O) groups is 3. The third-order valence-corrected chi connectivity index (χ3v) is 10.7. The monoisotopic (exact) mass is 637 g/mol. The van der Waals surface area contributed by atoms with Crippen LogP contribution >= 0.6 is 11.6 Å². The highest BCUT2D eigenvalue weighted by Gasteiger charge is 2.56. The molecular formula is C36H48ClN3O5. The van der Waals surface area contributed by atoms with Crippen molar-refractivity contribution in [3.63, 3.8) is 0 Å². The number of hydrogen-bond donors (Lipinski definition) is 0. The summed E-state index contributed by atoms with van der Waals surface area (Å²) in [6.45, 7) is 8.84. The predicted octanol–water partition coefficient (Wildman–Crippen LogP) is 6.80. The number of halogens is 1. The average molecular weight is 638 g/mol. The number of rotatable bonds is 9. The maximum absolute atomic E-state index is 14.5. The van der Waals surface area contributed by atoms with Gasteiger partial charge in [-0.25, -0.2) is 4.79 Å². The molecule has 3 amide bonds. The van der Waals surface area contributed by atoms with E-state index in [4.69, 9.17) is 21.1 Å². The van der Waals surface area contributed by atoms with Crippen molar-refractivity contribution in [1.82, 2.24) is 14.7 Å². The van der Waals surface area contributed by atoms with Crippen molar-refractivity contribution in [1.29, 1.82) is 0 Å². The lowest BCUT2D eigenvalue weighted by molar-refractivity contribution is -0.141. The van der Waals surface area contributed by atoms with Crippen LogP contribution in [0, 0.1) is 11.3 Å². The summed E-state index contributed by atoms with van der Waals surface area (Å²) in [5.41, 5.74) is 0.387. The van der Waals surface area contributed by atoms with E-state index in [1.54, 1.807) is 37.2 Å². The normalized spacial score (nSPS) is 22.6. The first kappa shape index (κ1) is 33.1. The molecule has 5 rings (SSSR count). The first-order valence-corrected chi connectivity index (χ1v) is 16.7. The molecule has 3 fully saturated rings. The molecule has 2 heterocycles. The minimum absolute atomic E-state index is 0.129. The smallest absolute Gasteiger partial charge is 0.410 e. The van der Waals surface area contributed by atoms with Gasteiger partial charge in [0.2, 0.25) is 5.91 Å². The Morgan fingerprint density at radius 3 is 2.36 bits per heavy atom. The summed E-state index contributed by atoms with van der Waals surface area (Å²) in [7, 11) is 3.40. The van der Waals surface area contributed by atoms with Gasteiger partial charge in [-0.2, -0.15) is 0 Å². The van der Waals surface area contributed by atoms with Gasteiger partial charge in [0.1, 0.15) is 11.4 Å². The van der Waals surface area contributed by atoms with Crippen molar-refractivity contribution in [2.45, 2.75) is 76.7 Å². The van der Waals surface area contributed by atoms with Gasteiger partial charge in [0, 0.05) is 40.3 Å². The molecule has 1 saturated carbocycles. The Balaban J connectivity index is 1.18. The van der Waals surface area contributed by atoms with Gasteiger partial charge in [-0.1, -0.05) is 48.9 Å². The summed E-state index contributed by atoms with van der Waals surface area (Å²) in [5.74, 6) is 1.24. The van der Waals surface area contributed by atoms with E-state index in [-0.39, 0.29) is 23.3 Å². The molecule has 2 aliphatic heterocycles. The molecule has 244 valence electrons. The van der Waals surface area contributed by atoms with Gasteiger partial charge in [-0.15, -0.1) is 0 Å². The molecule has 0 aromatic heterocycles. The molecule has 0 N–H and O–H groups in total.